The number of nitrogens with one attached hydrogen (secondary N) is 2. The van der Waals surface area contributed by atoms with Crippen LogP contribution in [0, 0.1) is 10.1 Å². The first-order valence-corrected chi connectivity index (χ1v) is 10.6. The minimum atomic E-state index is -1.08. The molecule has 0 aliphatic rings. The number of non-ortho nitro benzene ring substituents is 1. The zero-order valence-corrected chi connectivity index (χ0v) is 18.2. The summed E-state index contributed by atoms with van der Waals surface area (Å²) in [5.74, 6) is -1.81. The summed E-state index contributed by atoms with van der Waals surface area (Å²) in [7, 11) is 0. The van der Waals surface area contributed by atoms with Crippen LogP contribution >= 0.6 is 11.8 Å². The van der Waals surface area contributed by atoms with Crippen LogP contribution in [0.5, 0.6) is 0 Å². The summed E-state index contributed by atoms with van der Waals surface area (Å²) >= 11 is 1.27. The maximum absolute atomic E-state index is 12.5. The largest absolute Gasteiger partial charge is 0.478 e. The Morgan fingerprint density at radius 2 is 1.55 bits per heavy atom. The molecule has 10 heteroatoms. The molecule has 168 valence electrons. The van der Waals surface area contributed by atoms with E-state index in [1.165, 1.54) is 48.2 Å². The van der Waals surface area contributed by atoms with E-state index >= 15 is 0 Å². The quantitative estimate of drug-likeness (QED) is 0.250. The Balaban J connectivity index is 1.62. The van der Waals surface area contributed by atoms with Gasteiger partial charge in [-0.15, -0.1) is 11.8 Å². The van der Waals surface area contributed by atoms with Crippen molar-refractivity contribution in [2.24, 2.45) is 0 Å². The molecule has 0 saturated carbocycles. The van der Waals surface area contributed by atoms with Crippen LogP contribution in [-0.2, 0) is 4.79 Å². The number of rotatable bonds is 8. The Kier molecular flexibility index (Phi) is 7.42. The second-order valence-corrected chi connectivity index (χ2v) is 8.34. The highest BCUT2D eigenvalue weighted by Gasteiger charge is 2.16. The van der Waals surface area contributed by atoms with E-state index < -0.39 is 22.0 Å². The molecule has 0 spiro atoms. The molecule has 3 N–H and O–H groups in total. The van der Waals surface area contributed by atoms with E-state index in [-0.39, 0.29) is 22.7 Å². The van der Waals surface area contributed by atoms with E-state index in [9.17, 15) is 24.5 Å². The molecule has 2 amide bonds. The van der Waals surface area contributed by atoms with Crippen LogP contribution in [0.2, 0.25) is 0 Å². The van der Waals surface area contributed by atoms with Crippen molar-refractivity contribution in [2.75, 3.05) is 10.6 Å². The smallest absolute Gasteiger partial charge is 0.335 e. The Morgan fingerprint density at radius 3 is 2.18 bits per heavy atom. The Hall–Kier alpha value is -4.18. The van der Waals surface area contributed by atoms with Crippen LogP contribution in [0.15, 0.2) is 77.7 Å². The van der Waals surface area contributed by atoms with Gasteiger partial charge in [-0.1, -0.05) is 12.1 Å². The van der Waals surface area contributed by atoms with Gasteiger partial charge in [0.1, 0.15) is 0 Å². The number of aromatic carboxylic acids is 1. The van der Waals surface area contributed by atoms with Crippen molar-refractivity contribution in [2.45, 2.75) is 17.1 Å². The number of nitrogens with zero attached hydrogens (tertiary/aromatic N) is 1. The molecule has 0 aliphatic heterocycles. The van der Waals surface area contributed by atoms with Crippen LogP contribution < -0.4 is 10.6 Å². The molecule has 9 nitrogen and oxygen atoms in total. The van der Waals surface area contributed by atoms with Gasteiger partial charge < -0.3 is 15.7 Å². The first-order chi connectivity index (χ1) is 15.7. The molecule has 0 aliphatic carbocycles. The van der Waals surface area contributed by atoms with Crippen LogP contribution in [0.4, 0.5) is 17.1 Å². The summed E-state index contributed by atoms with van der Waals surface area (Å²) in [4.78, 5) is 47.0. The van der Waals surface area contributed by atoms with E-state index in [4.69, 9.17) is 5.11 Å². The number of carbonyl (C=O) groups is 3. The molecule has 0 bridgehead atoms. The van der Waals surface area contributed by atoms with Gasteiger partial charge in [-0.3, -0.25) is 19.7 Å². The third-order valence-corrected chi connectivity index (χ3v) is 5.59. The van der Waals surface area contributed by atoms with Gasteiger partial charge in [0, 0.05) is 34.0 Å². The number of amides is 2. The van der Waals surface area contributed by atoms with Gasteiger partial charge in [0.25, 0.3) is 11.6 Å². The number of hydrogen-bond donors (Lipinski definition) is 3. The number of nitro groups is 1. The number of hydrogen-bond acceptors (Lipinski definition) is 6. The average Bonchev–Trinajstić information content (AvgIpc) is 2.79. The molecule has 1 unspecified atom stereocenters. The summed E-state index contributed by atoms with van der Waals surface area (Å²) in [5.41, 5.74) is 1.13. The molecule has 3 rings (SSSR count). The average molecular weight is 465 g/mol. The molecule has 0 heterocycles. The molecule has 0 aromatic heterocycles. The number of carboxylic acid groups (broad SMARTS) is 1. The summed E-state index contributed by atoms with van der Waals surface area (Å²) in [6.07, 6.45) is 0. The van der Waals surface area contributed by atoms with Crippen molar-refractivity contribution in [3.8, 4) is 0 Å². The summed E-state index contributed by atoms with van der Waals surface area (Å²) in [5, 5.41) is 24.7. The number of carboxylic acids is 1. The van der Waals surface area contributed by atoms with E-state index in [0.717, 1.165) is 4.90 Å². The number of carbonyl (C=O) groups excluding carboxylic acids is 2. The third kappa shape index (κ3) is 6.40. The molecule has 33 heavy (non-hydrogen) atoms. The SMILES string of the molecule is CC(Sc1cccc(NC(=O)c2ccc([N+](=O)[O-])cc2)c1)C(=O)Nc1cccc(C(=O)O)c1. The predicted octanol–water partition coefficient (Wildman–Crippen LogP) is 4.66. The summed E-state index contributed by atoms with van der Waals surface area (Å²) < 4.78 is 0. The minimum Gasteiger partial charge on any atom is -0.478 e. The molecule has 0 saturated heterocycles. The van der Waals surface area contributed by atoms with Crippen LogP contribution in [0.25, 0.3) is 0 Å². The van der Waals surface area contributed by atoms with Gasteiger partial charge in [-0.25, -0.2) is 4.79 Å². The third-order valence-electron chi connectivity index (χ3n) is 4.49. The maximum Gasteiger partial charge on any atom is 0.335 e. The van der Waals surface area contributed by atoms with Gasteiger partial charge in [-0.2, -0.15) is 0 Å². The first-order valence-electron chi connectivity index (χ1n) is 9.69. The standard InChI is InChI=1S/C23H19N3O6S/c1-14(21(27)24-17-5-2-4-16(12-17)23(29)30)33-20-7-3-6-18(13-20)25-22(28)15-8-10-19(11-9-15)26(31)32/h2-14H,1H3,(H,24,27)(H,25,28)(H,29,30). The van der Waals surface area contributed by atoms with Crippen molar-refractivity contribution in [3.63, 3.8) is 0 Å². The number of thioether (sulfide) groups is 1. The second-order valence-electron chi connectivity index (χ2n) is 6.92. The Labute approximate surface area is 193 Å². The van der Waals surface area contributed by atoms with Crippen molar-refractivity contribution < 1.29 is 24.4 Å². The molecule has 1 atom stereocenters. The minimum absolute atomic E-state index is 0.0737. The van der Waals surface area contributed by atoms with Gasteiger partial charge in [0.05, 0.1) is 15.7 Å². The maximum atomic E-state index is 12.5. The second kappa shape index (κ2) is 10.4. The number of benzene rings is 3. The monoisotopic (exact) mass is 465 g/mol. The van der Waals surface area contributed by atoms with Crippen molar-refractivity contribution >= 4 is 46.6 Å². The lowest BCUT2D eigenvalue weighted by atomic mass is 10.2. The predicted molar refractivity (Wildman–Crippen MR) is 125 cm³/mol. The van der Waals surface area contributed by atoms with Crippen molar-refractivity contribution in [3.05, 3.63) is 94.0 Å². The Morgan fingerprint density at radius 1 is 0.909 bits per heavy atom. The van der Waals surface area contributed by atoms with E-state index in [1.807, 2.05) is 0 Å². The van der Waals surface area contributed by atoms with E-state index in [0.29, 0.717) is 11.4 Å². The lowest BCUT2D eigenvalue weighted by molar-refractivity contribution is -0.384. The lowest BCUT2D eigenvalue weighted by Crippen LogP contribution is -2.22. The molecular weight excluding hydrogens is 446 g/mol. The number of nitro benzene ring substituents is 1. The highest BCUT2D eigenvalue weighted by molar-refractivity contribution is 8.00. The lowest BCUT2D eigenvalue weighted by Gasteiger charge is -2.13. The molecule has 3 aromatic rings. The van der Waals surface area contributed by atoms with Crippen molar-refractivity contribution in [1.82, 2.24) is 0 Å². The summed E-state index contributed by atoms with van der Waals surface area (Å²) in [6.45, 7) is 1.71. The first kappa shape index (κ1) is 23.5. The topological polar surface area (TPSA) is 139 Å². The number of anilines is 2. The van der Waals surface area contributed by atoms with Crippen LogP contribution in [-0.4, -0.2) is 33.1 Å². The fraction of sp³-hybridized carbons (Fsp3) is 0.0870. The van der Waals surface area contributed by atoms with E-state index in [2.05, 4.69) is 10.6 Å². The zero-order chi connectivity index (χ0) is 24.0. The van der Waals surface area contributed by atoms with E-state index in [1.54, 1.807) is 43.3 Å². The van der Waals surface area contributed by atoms with Gasteiger partial charge in [-0.05, 0) is 55.5 Å². The van der Waals surface area contributed by atoms with Gasteiger partial charge in [0.15, 0.2) is 0 Å². The molecule has 3 aromatic carbocycles. The molecule has 0 fully saturated rings. The fourth-order valence-electron chi connectivity index (χ4n) is 2.82. The zero-order valence-electron chi connectivity index (χ0n) is 17.3. The van der Waals surface area contributed by atoms with Crippen molar-refractivity contribution in [1.29, 1.82) is 0 Å². The highest BCUT2D eigenvalue weighted by atomic mass is 32.2. The van der Waals surface area contributed by atoms with Gasteiger partial charge >= 0.3 is 5.97 Å². The normalized spacial score (nSPS) is 11.3. The highest BCUT2D eigenvalue weighted by Crippen LogP contribution is 2.27. The van der Waals surface area contributed by atoms with Gasteiger partial charge in [0.2, 0.25) is 5.91 Å². The fourth-order valence-corrected chi connectivity index (χ4v) is 3.74. The van der Waals surface area contributed by atoms with Crippen LogP contribution in [0.3, 0.4) is 0 Å². The Bertz CT molecular complexity index is 1210. The molecule has 0 radical (unpaired) electrons. The summed E-state index contributed by atoms with van der Waals surface area (Å²) in [6, 6.07) is 18.2. The van der Waals surface area contributed by atoms with Crippen LogP contribution in [0.1, 0.15) is 27.6 Å². The molecular formula is C23H19N3O6S.